The molecule has 0 aromatic carbocycles. The number of nitrogens with two attached hydrogens (primary N) is 1. The number of allylic oxidation sites excluding steroid dienone is 7. The summed E-state index contributed by atoms with van der Waals surface area (Å²) < 4.78 is 2.13. The van der Waals surface area contributed by atoms with E-state index < -0.39 is 5.41 Å². The van der Waals surface area contributed by atoms with E-state index >= 15 is 0 Å². The molecular formula is C21H27N3O. The van der Waals surface area contributed by atoms with Crippen LogP contribution in [0.3, 0.4) is 0 Å². The number of carbonyl (C=O) groups excluding carboxylic acids is 1. The first-order valence-electron chi connectivity index (χ1n) is 9.13. The van der Waals surface area contributed by atoms with Crippen molar-refractivity contribution in [1.29, 1.82) is 0 Å². The lowest BCUT2D eigenvalue weighted by atomic mass is 9.63. The normalized spacial score (nSPS) is 21.8. The van der Waals surface area contributed by atoms with Crippen molar-refractivity contribution in [2.75, 3.05) is 0 Å². The lowest BCUT2D eigenvalue weighted by molar-refractivity contribution is -0.128. The number of nitrogens with zero attached hydrogens (tertiary/aromatic N) is 2. The van der Waals surface area contributed by atoms with E-state index in [0.717, 1.165) is 50.0 Å². The molecule has 4 heteroatoms. The quantitative estimate of drug-likeness (QED) is 0.821. The molecule has 1 heterocycles. The van der Waals surface area contributed by atoms with Crippen LogP contribution in [0.25, 0.3) is 0 Å². The van der Waals surface area contributed by atoms with Gasteiger partial charge in [0, 0.05) is 18.9 Å². The Kier molecular flexibility index (Phi) is 5.37. The number of aryl methyl sites for hydroxylation is 2. The summed E-state index contributed by atoms with van der Waals surface area (Å²) >= 11 is 0. The van der Waals surface area contributed by atoms with E-state index in [1.165, 1.54) is 0 Å². The van der Waals surface area contributed by atoms with Crippen molar-refractivity contribution in [3.05, 3.63) is 66.3 Å². The maximum atomic E-state index is 12.7. The smallest absolute Gasteiger partial charge is 0.228 e. The number of hydrogen-bond acceptors (Lipinski definition) is 2. The molecule has 2 atom stereocenters. The van der Waals surface area contributed by atoms with Gasteiger partial charge in [-0.05, 0) is 50.5 Å². The summed E-state index contributed by atoms with van der Waals surface area (Å²) in [6.07, 6.45) is 23.2. The summed E-state index contributed by atoms with van der Waals surface area (Å²) in [6, 6.07) is 0. The van der Waals surface area contributed by atoms with Crippen LogP contribution in [-0.4, -0.2) is 15.5 Å². The number of carbonyl (C=O) groups is 1. The van der Waals surface area contributed by atoms with Crippen molar-refractivity contribution in [3.8, 4) is 0 Å². The molecule has 1 amide bonds. The number of primary amides is 1. The van der Waals surface area contributed by atoms with Gasteiger partial charge < -0.3 is 10.3 Å². The molecule has 0 saturated heterocycles. The van der Waals surface area contributed by atoms with E-state index in [1.54, 1.807) is 0 Å². The Hall–Kier alpha value is -2.36. The molecule has 0 saturated carbocycles. The van der Waals surface area contributed by atoms with E-state index in [2.05, 4.69) is 39.9 Å². The maximum Gasteiger partial charge on any atom is 0.228 e. The summed E-state index contributed by atoms with van der Waals surface area (Å²) in [5, 5.41) is 0. The molecular weight excluding hydrogens is 310 g/mol. The van der Waals surface area contributed by atoms with Crippen LogP contribution in [0.1, 0.15) is 37.9 Å². The number of aromatic nitrogens is 2. The van der Waals surface area contributed by atoms with Crippen LogP contribution >= 0.6 is 0 Å². The average Bonchev–Trinajstić information content (AvgIpc) is 3.05. The average molecular weight is 337 g/mol. The summed E-state index contributed by atoms with van der Waals surface area (Å²) in [5.41, 5.74) is 6.50. The Bertz CT molecular complexity index is 738. The SMILES string of the molecule is Cc1nccn1CCCC(C(N)=O)(C1=CCCC=C1)C1C=CC=CC1. The highest BCUT2D eigenvalue weighted by atomic mass is 16.1. The van der Waals surface area contributed by atoms with E-state index in [0.29, 0.717) is 0 Å². The lowest BCUT2D eigenvalue weighted by Gasteiger charge is -2.39. The summed E-state index contributed by atoms with van der Waals surface area (Å²) in [5.74, 6) is 0.910. The second kappa shape index (κ2) is 7.68. The van der Waals surface area contributed by atoms with Gasteiger partial charge in [0.25, 0.3) is 0 Å². The van der Waals surface area contributed by atoms with Crippen molar-refractivity contribution < 1.29 is 4.79 Å². The third-order valence-electron chi connectivity index (χ3n) is 5.46. The minimum absolute atomic E-state index is 0.118. The van der Waals surface area contributed by atoms with Crippen LogP contribution in [0.2, 0.25) is 0 Å². The Labute approximate surface area is 149 Å². The minimum Gasteiger partial charge on any atom is -0.369 e. The molecule has 2 N–H and O–H groups in total. The first-order valence-corrected chi connectivity index (χ1v) is 9.13. The predicted molar refractivity (Wildman–Crippen MR) is 101 cm³/mol. The third kappa shape index (κ3) is 3.53. The van der Waals surface area contributed by atoms with Crippen LogP contribution in [-0.2, 0) is 11.3 Å². The van der Waals surface area contributed by atoms with Gasteiger partial charge in [-0.1, -0.05) is 42.5 Å². The van der Waals surface area contributed by atoms with E-state index in [9.17, 15) is 4.79 Å². The fraction of sp³-hybridized carbons (Fsp3) is 0.429. The van der Waals surface area contributed by atoms with E-state index in [-0.39, 0.29) is 11.8 Å². The predicted octanol–water partition coefficient (Wildman–Crippen LogP) is 3.85. The van der Waals surface area contributed by atoms with Crippen molar-refractivity contribution in [3.63, 3.8) is 0 Å². The second-order valence-corrected chi connectivity index (χ2v) is 6.90. The molecule has 0 bridgehead atoms. The van der Waals surface area contributed by atoms with Crippen molar-refractivity contribution in [2.24, 2.45) is 17.1 Å². The van der Waals surface area contributed by atoms with Crippen molar-refractivity contribution >= 4 is 5.91 Å². The van der Waals surface area contributed by atoms with Gasteiger partial charge in [0.05, 0.1) is 5.41 Å². The second-order valence-electron chi connectivity index (χ2n) is 6.90. The van der Waals surface area contributed by atoms with Gasteiger partial charge >= 0.3 is 0 Å². The Morgan fingerprint density at radius 1 is 1.36 bits per heavy atom. The zero-order valence-corrected chi connectivity index (χ0v) is 14.9. The van der Waals surface area contributed by atoms with Crippen LogP contribution in [0.4, 0.5) is 0 Å². The van der Waals surface area contributed by atoms with Gasteiger partial charge in [-0.2, -0.15) is 0 Å². The monoisotopic (exact) mass is 337 g/mol. The van der Waals surface area contributed by atoms with Crippen LogP contribution in [0.5, 0.6) is 0 Å². The molecule has 1 aromatic rings. The molecule has 0 spiro atoms. The highest BCUT2D eigenvalue weighted by Gasteiger charge is 2.44. The molecule has 132 valence electrons. The molecule has 0 radical (unpaired) electrons. The van der Waals surface area contributed by atoms with Crippen LogP contribution < -0.4 is 5.73 Å². The standard InChI is InChI=1S/C21H27N3O/c1-17-23-14-16-24(17)15-8-13-21(20(22)25,18-9-4-2-5-10-18)19-11-6-3-7-12-19/h2,4-6,9,11-12,14,16,18H,3,7-8,10,13,15H2,1H3,(H2,22,25). The van der Waals surface area contributed by atoms with Gasteiger partial charge in [0.2, 0.25) is 5.91 Å². The number of rotatable bonds is 7. The molecule has 25 heavy (non-hydrogen) atoms. The highest BCUT2D eigenvalue weighted by Crippen LogP contribution is 2.45. The minimum atomic E-state index is -0.632. The molecule has 3 rings (SSSR count). The highest BCUT2D eigenvalue weighted by molar-refractivity contribution is 5.86. The molecule has 4 nitrogen and oxygen atoms in total. The first kappa shape index (κ1) is 17.5. The molecule has 2 aliphatic carbocycles. The summed E-state index contributed by atoms with van der Waals surface area (Å²) in [4.78, 5) is 17.0. The maximum absolute atomic E-state index is 12.7. The fourth-order valence-electron chi connectivity index (χ4n) is 4.05. The van der Waals surface area contributed by atoms with Crippen molar-refractivity contribution in [2.45, 2.75) is 45.6 Å². The van der Waals surface area contributed by atoms with Gasteiger partial charge in [-0.15, -0.1) is 0 Å². The van der Waals surface area contributed by atoms with E-state index in [4.69, 9.17) is 5.73 Å². The molecule has 2 aliphatic rings. The molecule has 0 fully saturated rings. The largest absolute Gasteiger partial charge is 0.369 e. The van der Waals surface area contributed by atoms with Crippen LogP contribution in [0, 0.1) is 18.3 Å². The van der Waals surface area contributed by atoms with Gasteiger partial charge in [0.15, 0.2) is 0 Å². The van der Waals surface area contributed by atoms with Gasteiger partial charge in [0.1, 0.15) is 5.82 Å². The molecule has 2 unspecified atom stereocenters. The number of hydrogen-bond donors (Lipinski definition) is 1. The Balaban J connectivity index is 1.87. The summed E-state index contributed by atoms with van der Waals surface area (Å²) in [7, 11) is 0. The Morgan fingerprint density at radius 2 is 2.24 bits per heavy atom. The zero-order chi connectivity index (χ0) is 17.7. The summed E-state index contributed by atoms with van der Waals surface area (Å²) in [6.45, 7) is 2.85. The molecule has 1 aromatic heterocycles. The van der Waals surface area contributed by atoms with Gasteiger partial charge in [-0.3, -0.25) is 4.79 Å². The fourth-order valence-corrected chi connectivity index (χ4v) is 4.05. The van der Waals surface area contributed by atoms with Crippen molar-refractivity contribution in [1.82, 2.24) is 9.55 Å². The third-order valence-corrected chi connectivity index (χ3v) is 5.46. The Morgan fingerprint density at radius 3 is 2.84 bits per heavy atom. The zero-order valence-electron chi connectivity index (χ0n) is 14.9. The van der Waals surface area contributed by atoms with Gasteiger partial charge in [-0.25, -0.2) is 4.98 Å². The number of imidazole rings is 1. The lowest BCUT2D eigenvalue weighted by Crippen LogP contribution is -2.44. The topological polar surface area (TPSA) is 60.9 Å². The molecule has 0 aliphatic heterocycles. The number of amides is 1. The van der Waals surface area contributed by atoms with E-state index in [1.807, 2.05) is 31.5 Å². The van der Waals surface area contributed by atoms with Crippen LogP contribution in [0.15, 0.2) is 60.5 Å². The first-order chi connectivity index (χ1) is 12.1.